The Morgan fingerprint density at radius 2 is 1.38 bits per heavy atom. The minimum absolute atomic E-state index is 0.116. The summed E-state index contributed by atoms with van der Waals surface area (Å²) >= 11 is 0. The average Bonchev–Trinajstić information content (AvgIpc) is 2.70. The van der Waals surface area contributed by atoms with Crippen LogP contribution in [0.1, 0.15) is 84.5 Å². The smallest absolute Gasteiger partial charge is 0.213 e. The Balaban J connectivity index is 1.87. The van der Waals surface area contributed by atoms with Crippen LogP contribution in [0.3, 0.4) is 0 Å². The van der Waals surface area contributed by atoms with Crippen LogP contribution >= 0.6 is 0 Å². The molecule has 2 aromatic heterocycles. The van der Waals surface area contributed by atoms with Crippen molar-refractivity contribution in [3.8, 4) is 11.8 Å². The molecule has 2 aromatic rings. The Kier molecular flexibility index (Phi) is 8.94. The van der Waals surface area contributed by atoms with E-state index in [1.807, 2.05) is 24.3 Å². The quantitative estimate of drug-likeness (QED) is 0.426. The van der Waals surface area contributed by atoms with Gasteiger partial charge in [-0.1, -0.05) is 53.7 Å². The van der Waals surface area contributed by atoms with Crippen molar-refractivity contribution in [2.45, 2.75) is 79.2 Å². The van der Waals surface area contributed by atoms with E-state index in [1.54, 1.807) is 0 Å². The molecular weight excluding hydrogens is 360 g/mol. The van der Waals surface area contributed by atoms with E-state index in [1.165, 1.54) is 0 Å². The van der Waals surface area contributed by atoms with Crippen LogP contribution in [0, 0.1) is 11.8 Å². The minimum atomic E-state index is 0.116. The topological polar surface area (TPSA) is 44.2 Å². The lowest BCUT2D eigenvalue weighted by molar-refractivity contribution is 0.145. The summed E-state index contributed by atoms with van der Waals surface area (Å²) in [5, 5.41) is 0. The van der Waals surface area contributed by atoms with E-state index in [4.69, 9.17) is 14.5 Å². The zero-order valence-electron chi connectivity index (χ0n) is 19.2. The number of aromatic nitrogens is 2. The fraction of sp³-hybridized carbons (Fsp3) is 0.600. The van der Waals surface area contributed by atoms with Gasteiger partial charge in [0.25, 0.3) is 0 Å². The number of rotatable bonds is 11. The highest BCUT2D eigenvalue weighted by molar-refractivity contribution is 5.19. The summed E-state index contributed by atoms with van der Waals surface area (Å²) in [5.74, 6) is 3.16. The van der Waals surface area contributed by atoms with Gasteiger partial charge >= 0.3 is 0 Å². The summed E-state index contributed by atoms with van der Waals surface area (Å²) in [6.07, 6.45) is 2.26. The fourth-order valence-electron chi connectivity index (χ4n) is 3.06. The van der Waals surface area contributed by atoms with Crippen molar-refractivity contribution in [2.75, 3.05) is 6.61 Å². The molecule has 0 fully saturated rings. The predicted molar refractivity (Wildman–Crippen MR) is 120 cm³/mol. The largest absolute Gasteiger partial charge is 0.477 e. The number of pyridine rings is 2. The van der Waals surface area contributed by atoms with Crippen molar-refractivity contribution in [3.63, 3.8) is 0 Å². The van der Waals surface area contributed by atoms with E-state index in [2.05, 4.69) is 65.6 Å². The van der Waals surface area contributed by atoms with Gasteiger partial charge in [0.05, 0.1) is 6.61 Å². The fourth-order valence-corrected chi connectivity index (χ4v) is 3.06. The highest BCUT2D eigenvalue weighted by atomic mass is 16.5. The van der Waals surface area contributed by atoms with Gasteiger partial charge in [-0.2, -0.15) is 0 Å². The van der Waals surface area contributed by atoms with Crippen LogP contribution in [0.15, 0.2) is 36.4 Å². The summed E-state index contributed by atoms with van der Waals surface area (Å²) in [4.78, 5) is 9.33. The number of hydrogen-bond acceptors (Lipinski definition) is 4. The highest BCUT2D eigenvalue weighted by Gasteiger charge is 2.17. The highest BCUT2D eigenvalue weighted by Crippen LogP contribution is 2.26. The first-order valence-corrected chi connectivity index (χ1v) is 11.0. The van der Waals surface area contributed by atoms with Gasteiger partial charge in [0.2, 0.25) is 11.8 Å². The molecule has 4 nitrogen and oxygen atoms in total. The molecule has 0 aliphatic rings. The van der Waals surface area contributed by atoms with E-state index < -0.39 is 0 Å². The van der Waals surface area contributed by atoms with Crippen LogP contribution in [-0.4, -0.2) is 22.7 Å². The van der Waals surface area contributed by atoms with Crippen LogP contribution in [0.2, 0.25) is 0 Å². The molecule has 0 saturated heterocycles. The van der Waals surface area contributed by atoms with Gasteiger partial charge in [0, 0.05) is 23.5 Å². The molecule has 160 valence electrons. The first-order valence-electron chi connectivity index (χ1n) is 11.0. The summed E-state index contributed by atoms with van der Waals surface area (Å²) in [6, 6.07) is 12.1. The molecule has 0 spiro atoms. The summed E-state index contributed by atoms with van der Waals surface area (Å²) in [5.41, 5.74) is 2.17. The van der Waals surface area contributed by atoms with Gasteiger partial charge in [-0.25, -0.2) is 9.97 Å². The molecule has 0 radical (unpaired) electrons. The van der Waals surface area contributed by atoms with Gasteiger partial charge in [0.1, 0.15) is 6.10 Å². The third kappa shape index (κ3) is 7.68. The molecule has 4 heteroatoms. The number of hydrogen-bond donors (Lipinski definition) is 0. The molecule has 0 aliphatic carbocycles. The SMILES string of the molecule is CC(C)COc1cccc(C(C)CCC(C)C(C)Oc2cccc(C(C)C)n2)n1. The Hall–Kier alpha value is -2.10. The Bertz CT molecular complexity index is 745. The molecule has 0 saturated carbocycles. The lowest BCUT2D eigenvalue weighted by Gasteiger charge is -2.23. The monoisotopic (exact) mass is 398 g/mol. The Morgan fingerprint density at radius 1 is 0.759 bits per heavy atom. The second kappa shape index (κ2) is 11.2. The van der Waals surface area contributed by atoms with Crippen molar-refractivity contribution < 1.29 is 9.47 Å². The maximum Gasteiger partial charge on any atom is 0.213 e. The van der Waals surface area contributed by atoms with E-state index >= 15 is 0 Å². The lowest BCUT2D eigenvalue weighted by atomic mass is 9.93. The third-order valence-electron chi connectivity index (χ3n) is 5.31. The first-order chi connectivity index (χ1) is 13.8. The molecule has 29 heavy (non-hydrogen) atoms. The van der Waals surface area contributed by atoms with Crippen LogP contribution in [-0.2, 0) is 0 Å². The van der Waals surface area contributed by atoms with Crippen LogP contribution in [0.4, 0.5) is 0 Å². The Labute approximate surface area is 177 Å². The summed E-state index contributed by atoms with van der Waals surface area (Å²) in [7, 11) is 0. The normalized spacial score (nSPS) is 14.7. The van der Waals surface area contributed by atoms with E-state index in [-0.39, 0.29) is 6.10 Å². The van der Waals surface area contributed by atoms with Gasteiger partial charge in [0.15, 0.2) is 0 Å². The van der Waals surface area contributed by atoms with Crippen molar-refractivity contribution >= 4 is 0 Å². The van der Waals surface area contributed by atoms with Gasteiger partial charge in [-0.15, -0.1) is 0 Å². The summed E-state index contributed by atoms with van der Waals surface area (Å²) < 4.78 is 11.9. The van der Waals surface area contributed by atoms with E-state index in [0.29, 0.717) is 30.3 Å². The molecule has 2 rings (SSSR count). The standard InChI is InChI=1S/C25H38N2O2/c1-17(2)16-28-24-12-9-11-23(27-24)20(6)15-14-19(5)21(7)29-25-13-8-10-22(26-25)18(3)4/h8-13,17-21H,14-16H2,1-7H3. The molecule has 0 aliphatic heterocycles. The molecule has 0 amide bonds. The zero-order chi connectivity index (χ0) is 21.4. The molecule has 0 bridgehead atoms. The van der Waals surface area contributed by atoms with Crippen molar-refractivity contribution in [3.05, 3.63) is 47.8 Å². The molecule has 3 unspecified atom stereocenters. The zero-order valence-corrected chi connectivity index (χ0v) is 19.2. The molecule has 3 atom stereocenters. The Morgan fingerprint density at radius 3 is 2.03 bits per heavy atom. The van der Waals surface area contributed by atoms with Gasteiger partial charge in [-0.05, 0) is 55.6 Å². The predicted octanol–water partition coefficient (Wildman–Crippen LogP) is 6.62. The third-order valence-corrected chi connectivity index (χ3v) is 5.31. The van der Waals surface area contributed by atoms with Crippen molar-refractivity contribution in [1.82, 2.24) is 9.97 Å². The molecule has 0 N–H and O–H groups in total. The summed E-state index contributed by atoms with van der Waals surface area (Å²) in [6.45, 7) is 15.9. The van der Waals surface area contributed by atoms with Gasteiger partial charge < -0.3 is 9.47 Å². The van der Waals surface area contributed by atoms with Gasteiger partial charge in [-0.3, -0.25) is 0 Å². The first kappa shape index (κ1) is 23.2. The van der Waals surface area contributed by atoms with Crippen LogP contribution in [0.25, 0.3) is 0 Å². The maximum atomic E-state index is 6.13. The molecular formula is C25H38N2O2. The minimum Gasteiger partial charge on any atom is -0.477 e. The maximum absolute atomic E-state index is 6.13. The van der Waals surface area contributed by atoms with Crippen molar-refractivity contribution in [1.29, 1.82) is 0 Å². The van der Waals surface area contributed by atoms with E-state index in [0.717, 1.165) is 36.0 Å². The van der Waals surface area contributed by atoms with Crippen molar-refractivity contribution in [2.24, 2.45) is 11.8 Å². The lowest BCUT2D eigenvalue weighted by Crippen LogP contribution is -2.22. The number of nitrogens with zero attached hydrogens (tertiary/aromatic N) is 2. The molecule has 0 aromatic carbocycles. The van der Waals surface area contributed by atoms with Crippen LogP contribution in [0.5, 0.6) is 11.8 Å². The molecule has 2 heterocycles. The van der Waals surface area contributed by atoms with Crippen LogP contribution < -0.4 is 9.47 Å². The average molecular weight is 399 g/mol. The number of ether oxygens (including phenoxy) is 2. The second-order valence-electron chi connectivity index (χ2n) is 8.94. The van der Waals surface area contributed by atoms with E-state index in [9.17, 15) is 0 Å². The second-order valence-corrected chi connectivity index (χ2v) is 8.94.